The first-order valence-electron chi connectivity index (χ1n) is 8.68. The van der Waals surface area contributed by atoms with Gasteiger partial charge in [-0.05, 0) is 26.7 Å². The Balaban J connectivity index is 1.77. The van der Waals surface area contributed by atoms with Crippen LogP contribution < -0.4 is 4.72 Å². The molecular weight excluding hydrogens is 340 g/mol. The van der Waals surface area contributed by atoms with E-state index in [4.69, 9.17) is 0 Å². The van der Waals surface area contributed by atoms with Crippen molar-refractivity contribution in [1.82, 2.24) is 9.62 Å². The third-order valence-corrected chi connectivity index (χ3v) is 5.97. The molecule has 138 valence electrons. The molecule has 0 bridgehead atoms. The Morgan fingerprint density at radius 3 is 2.28 bits per heavy atom. The maximum atomic E-state index is 12.3. The minimum absolute atomic E-state index is 0.0288. The van der Waals surface area contributed by atoms with Gasteiger partial charge in [0, 0.05) is 37.5 Å². The van der Waals surface area contributed by atoms with Crippen molar-refractivity contribution in [2.45, 2.75) is 45.6 Å². The monoisotopic (exact) mass is 366 g/mol. The van der Waals surface area contributed by atoms with Gasteiger partial charge in [0.2, 0.25) is 15.9 Å². The molecule has 1 aromatic carbocycles. The zero-order valence-corrected chi connectivity index (χ0v) is 15.6. The van der Waals surface area contributed by atoms with Crippen LogP contribution in [-0.2, 0) is 14.8 Å². The molecule has 1 aromatic rings. The Morgan fingerprint density at radius 1 is 1.12 bits per heavy atom. The first-order valence-corrected chi connectivity index (χ1v) is 10.3. The standard InChI is InChI=1S/C18H26N2O4S/c1-3-25(23,24)19-16-10-12-20(13-11-16)18(22)9-8-17(21)15-6-4-14(2)5-7-15/h4-7,16,19H,3,8-13H2,1-2H3. The van der Waals surface area contributed by atoms with Gasteiger partial charge in [0.05, 0.1) is 5.75 Å². The van der Waals surface area contributed by atoms with Crippen LogP contribution in [0.5, 0.6) is 0 Å². The van der Waals surface area contributed by atoms with Crippen molar-refractivity contribution in [2.24, 2.45) is 0 Å². The molecule has 0 aliphatic carbocycles. The zero-order valence-electron chi connectivity index (χ0n) is 14.8. The molecule has 0 saturated carbocycles. The molecule has 0 atom stereocenters. The van der Waals surface area contributed by atoms with Gasteiger partial charge >= 0.3 is 0 Å². The lowest BCUT2D eigenvalue weighted by Gasteiger charge is -2.32. The molecule has 0 radical (unpaired) electrons. The van der Waals surface area contributed by atoms with E-state index in [0.29, 0.717) is 31.5 Å². The van der Waals surface area contributed by atoms with Crippen LogP contribution in [0.25, 0.3) is 0 Å². The van der Waals surface area contributed by atoms with Crippen LogP contribution in [0.2, 0.25) is 0 Å². The highest BCUT2D eigenvalue weighted by molar-refractivity contribution is 7.89. The van der Waals surface area contributed by atoms with Gasteiger partial charge in [-0.3, -0.25) is 9.59 Å². The third-order valence-electron chi connectivity index (χ3n) is 4.51. The van der Waals surface area contributed by atoms with E-state index in [1.54, 1.807) is 24.0 Å². The minimum Gasteiger partial charge on any atom is -0.343 e. The highest BCUT2D eigenvalue weighted by Crippen LogP contribution is 2.14. The summed E-state index contributed by atoms with van der Waals surface area (Å²) in [6.45, 7) is 4.61. The summed E-state index contributed by atoms with van der Waals surface area (Å²) in [5.41, 5.74) is 1.72. The Hall–Kier alpha value is -1.73. The van der Waals surface area contributed by atoms with Crippen molar-refractivity contribution >= 4 is 21.7 Å². The molecule has 0 spiro atoms. The van der Waals surface area contributed by atoms with E-state index in [1.165, 1.54) is 0 Å². The predicted octanol–water partition coefficient (Wildman–Crippen LogP) is 1.89. The Bertz CT molecular complexity index is 705. The van der Waals surface area contributed by atoms with E-state index in [1.807, 2.05) is 19.1 Å². The number of benzene rings is 1. The maximum Gasteiger partial charge on any atom is 0.223 e. The molecule has 1 saturated heterocycles. The summed E-state index contributed by atoms with van der Waals surface area (Å²) in [6, 6.07) is 7.23. The number of hydrogen-bond donors (Lipinski definition) is 1. The van der Waals surface area contributed by atoms with E-state index in [-0.39, 0.29) is 36.3 Å². The molecule has 0 aromatic heterocycles. The molecule has 1 aliphatic heterocycles. The normalized spacial score (nSPS) is 16.0. The van der Waals surface area contributed by atoms with Crippen LogP contribution >= 0.6 is 0 Å². The van der Waals surface area contributed by atoms with E-state index < -0.39 is 10.0 Å². The van der Waals surface area contributed by atoms with Gasteiger partial charge in [-0.2, -0.15) is 0 Å². The number of rotatable bonds is 7. The molecule has 1 N–H and O–H groups in total. The number of carbonyl (C=O) groups excluding carboxylic acids is 2. The molecule has 1 fully saturated rings. The number of hydrogen-bond acceptors (Lipinski definition) is 4. The number of amides is 1. The average Bonchev–Trinajstić information content (AvgIpc) is 2.60. The van der Waals surface area contributed by atoms with Crippen molar-refractivity contribution in [3.63, 3.8) is 0 Å². The minimum atomic E-state index is -3.21. The van der Waals surface area contributed by atoms with Crippen LogP contribution in [0.3, 0.4) is 0 Å². The summed E-state index contributed by atoms with van der Waals surface area (Å²) in [5.74, 6) is -0.0102. The van der Waals surface area contributed by atoms with Gasteiger partial charge in [0.25, 0.3) is 0 Å². The quantitative estimate of drug-likeness (QED) is 0.747. The van der Waals surface area contributed by atoms with Crippen molar-refractivity contribution in [1.29, 1.82) is 0 Å². The summed E-state index contributed by atoms with van der Waals surface area (Å²) in [7, 11) is -3.21. The molecule has 1 amide bonds. The Labute approximate surface area is 149 Å². The molecule has 1 aliphatic rings. The number of aryl methyl sites for hydroxylation is 1. The van der Waals surface area contributed by atoms with Gasteiger partial charge < -0.3 is 4.90 Å². The smallest absolute Gasteiger partial charge is 0.223 e. The lowest BCUT2D eigenvalue weighted by molar-refractivity contribution is -0.132. The summed E-state index contributed by atoms with van der Waals surface area (Å²) in [5, 5.41) is 0. The van der Waals surface area contributed by atoms with E-state index in [0.717, 1.165) is 5.56 Å². The molecule has 1 heterocycles. The number of Topliss-reactive ketones (excluding diaryl/α,β-unsaturated/α-hetero) is 1. The fourth-order valence-electron chi connectivity index (χ4n) is 2.85. The van der Waals surface area contributed by atoms with Crippen LogP contribution in [-0.4, -0.2) is 49.9 Å². The summed E-state index contributed by atoms with van der Waals surface area (Å²) >= 11 is 0. The molecular formula is C18H26N2O4S. The van der Waals surface area contributed by atoms with E-state index in [9.17, 15) is 18.0 Å². The highest BCUT2D eigenvalue weighted by Gasteiger charge is 2.25. The second-order valence-electron chi connectivity index (χ2n) is 6.47. The SMILES string of the molecule is CCS(=O)(=O)NC1CCN(C(=O)CCC(=O)c2ccc(C)cc2)CC1. The van der Waals surface area contributed by atoms with Crippen LogP contribution in [0.15, 0.2) is 24.3 Å². The summed E-state index contributed by atoms with van der Waals surface area (Å²) < 4.78 is 25.8. The lowest BCUT2D eigenvalue weighted by atomic mass is 10.0. The van der Waals surface area contributed by atoms with Gasteiger partial charge in [0.15, 0.2) is 5.78 Å². The van der Waals surface area contributed by atoms with E-state index >= 15 is 0 Å². The molecule has 2 rings (SSSR count). The third kappa shape index (κ3) is 5.93. The summed E-state index contributed by atoms with van der Waals surface area (Å²) in [4.78, 5) is 26.1. The second-order valence-corrected chi connectivity index (χ2v) is 8.51. The number of carbonyl (C=O) groups is 2. The van der Waals surface area contributed by atoms with Gasteiger partial charge in [0.1, 0.15) is 0 Å². The Morgan fingerprint density at radius 2 is 1.72 bits per heavy atom. The maximum absolute atomic E-state index is 12.3. The van der Waals surface area contributed by atoms with Crippen LogP contribution in [0.4, 0.5) is 0 Å². The molecule has 7 heteroatoms. The number of sulfonamides is 1. The van der Waals surface area contributed by atoms with Gasteiger partial charge in [-0.15, -0.1) is 0 Å². The van der Waals surface area contributed by atoms with Gasteiger partial charge in [-0.1, -0.05) is 29.8 Å². The lowest BCUT2D eigenvalue weighted by Crippen LogP contribution is -2.46. The van der Waals surface area contributed by atoms with Crippen LogP contribution in [0.1, 0.15) is 48.5 Å². The first-order chi connectivity index (χ1) is 11.8. The number of nitrogens with one attached hydrogen (secondary N) is 1. The van der Waals surface area contributed by atoms with Crippen molar-refractivity contribution in [3.05, 3.63) is 35.4 Å². The topological polar surface area (TPSA) is 83.6 Å². The first kappa shape index (κ1) is 19.6. The largest absolute Gasteiger partial charge is 0.343 e. The van der Waals surface area contributed by atoms with E-state index in [2.05, 4.69) is 4.72 Å². The summed E-state index contributed by atoms with van der Waals surface area (Å²) in [6.07, 6.45) is 1.61. The van der Waals surface area contributed by atoms with Crippen molar-refractivity contribution in [2.75, 3.05) is 18.8 Å². The fraction of sp³-hybridized carbons (Fsp3) is 0.556. The van der Waals surface area contributed by atoms with Gasteiger partial charge in [-0.25, -0.2) is 13.1 Å². The predicted molar refractivity (Wildman–Crippen MR) is 96.9 cm³/mol. The number of likely N-dealkylation sites (tertiary alicyclic amines) is 1. The number of piperidine rings is 1. The van der Waals surface area contributed by atoms with Crippen molar-refractivity contribution in [3.8, 4) is 0 Å². The highest BCUT2D eigenvalue weighted by atomic mass is 32.2. The van der Waals surface area contributed by atoms with Crippen LogP contribution in [0, 0.1) is 6.92 Å². The zero-order chi connectivity index (χ0) is 18.4. The molecule has 25 heavy (non-hydrogen) atoms. The average molecular weight is 366 g/mol. The Kier molecular flexibility index (Phi) is 6.72. The molecule has 0 unspecified atom stereocenters. The van der Waals surface area contributed by atoms with Crippen molar-refractivity contribution < 1.29 is 18.0 Å². The number of nitrogens with zero attached hydrogens (tertiary/aromatic N) is 1. The molecule has 6 nitrogen and oxygen atoms in total. The second kappa shape index (κ2) is 8.58. The number of ketones is 1. The fourth-order valence-corrected chi connectivity index (χ4v) is 3.76.